The van der Waals surface area contributed by atoms with Crippen LogP contribution < -0.4 is 14.4 Å². The standard InChI is InChI=1S/C29H23F6NO2/c30-28(31,32)23-14-12-21(13-15-23)16-17-36(20-22-6-4-11-27(18-22)38-29(33,34)35)24-7-5-10-26(19-24)37-25-8-2-1-3-9-25/h1-15,18-19H,16-17,20H2. The Morgan fingerprint density at radius 2 is 1.26 bits per heavy atom. The summed E-state index contributed by atoms with van der Waals surface area (Å²) in [6.07, 6.45) is -8.84. The van der Waals surface area contributed by atoms with E-state index in [-0.39, 0.29) is 12.3 Å². The second-order valence-electron chi connectivity index (χ2n) is 8.47. The lowest BCUT2D eigenvalue weighted by atomic mass is 10.1. The van der Waals surface area contributed by atoms with Crippen molar-refractivity contribution in [3.63, 3.8) is 0 Å². The molecule has 4 rings (SSSR count). The minimum absolute atomic E-state index is 0.227. The summed E-state index contributed by atoms with van der Waals surface area (Å²) in [4.78, 5) is 1.92. The molecule has 0 aliphatic rings. The van der Waals surface area contributed by atoms with Crippen molar-refractivity contribution in [1.82, 2.24) is 0 Å². The Balaban J connectivity index is 1.57. The Labute approximate surface area is 215 Å². The zero-order chi connectivity index (χ0) is 27.2. The number of nitrogens with zero attached hydrogens (tertiary/aromatic N) is 1. The first-order chi connectivity index (χ1) is 18.0. The van der Waals surface area contributed by atoms with Crippen LogP contribution in [0, 0.1) is 0 Å². The van der Waals surface area contributed by atoms with E-state index in [1.807, 2.05) is 29.2 Å². The molecular formula is C29H23F6NO2. The molecule has 198 valence electrons. The molecule has 4 aromatic carbocycles. The summed E-state index contributed by atoms with van der Waals surface area (Å²) in [5.41, 5.74) is 1.25. The third-order valence-corrected chi connectivity index (χ3v) is 5.62. The van der Waals surface area contributed by atoms with Gasteiger partial charge in [-0.3, -0.25) is 0 Å². The van der Waals surface area contributed by atoms with Crippen LogP contribution in [0.25, 0.3) is 0 Å². The minimum atomic E-state index is -4.82. The van der Waals surface area contributed by atoms with Crippen LogP contribution in [0.2, 0.25) is 0 Å². The van der Waals surface area contributed by atoms with Crippen LogP contribution in [0.15, 0.2) is 103 Å². The van der Waals surface area contributed by atoms with Crippen LogP contribution in [0.1, 0.15) is 16.7 Å². The molecule has 38 heavy (non-hydrogen) atoms. The Kier molecular flexibility index (Phi) is 8.14. The smallest absolute Gasteiger partial charge is 0.457 e. The zero-order valence-electron chi connectivity index (χ0n) is 20.0. The summed E-state index contributed by atoms with van der Waals surface area (Å²) in [5.74, 6) is 0.860. The second kappa shape index (κ2) is 11.5. The molecule has 0 amide bonds. The van der Waals surface area contributed by atoms with Crippen LogP contribution in [0.5, 0.6) is 17.2 Å². The number of rotatable bonds is 9. The molecule has 0 unspecified atom stereocenters. The predicted molar refractivity (Wildman–Crippen MR) is 132 cm³/mol. The Morgan fingerprint density at radius 1 is 0.605 bits per heavy atom. The van der Waals surface area contributed by atoms with Gasteiger partial charge in [-0.1, -0.05) is 48.5 Å². The molecule has 0 heterocycles. The molecule has 0 bridgehead atoms. The Morgan fingerprint density at radius 3 is 1.95 bits per heavy atom. The maximum Gasteiger partial charge on any atom is 0.573 e. The van der Waals surface area contributed by atoms with Gasteiger partial charge in [-0.2, -0.15) is 13.2 Å². The van der Waals surface area contributed by atoms with Gasteiger partial charge < -0.3 is 14.4 Å². The third-order valence-electron chi connectivity index (χ3n) is 5.62. The molecule has 0 fully saturated rings. The summed E-state index contributed by atoms with van der Waals surface area (Å²) in [5, 5.41) is 0. The molecule has 9 heteroatoms. The van der Waals surface area contributed by atoms with Crippen molar-refractivity contribution in [2.45, 2.75) is 25.5 Å². The molecule has 4 aromatic rings. The average molecular weight is 531 g/mol. The van der Waals surface area contributed by atoms with E-state index >= 15 is 0 Å². The highest BCUT2D eigenvalue weighted by atomic mass is 19.4. The van der Waals surface area contributed by atoms with Gasteiger partial charge in [-0.15, -0.1) is 13.2 Å². The summed E-state index contributed by atoms with van der Waals surface area (Å²) in [7, 11) is 0. The molecule has 0 aliphatic heterocycles. The van der Waals surface area contributed by atoms with Crippen molar-refractivity contribution in [2.75, 3.05) is 11.4 Å². The van der Waals surface area contributed by atoms with Gasteiger partial charge in [0.15, 0.2) is 0 Å². The van der Waals surface area contributed by atoms with E-state index < -0.39 is 18.1 Å². The van der Waals surface area contributed by atoms with Gasteiger partial charge in [0.25, 0.3) is 0 Å². The van der Waals surface area contributed by atoms with Gasteiger partial charge in [0.05, 0.1) is 5.56 Å². The highest BCUT2D eigenvalue weighted by Gasteiger charge is 2.31. The van der Waals surface area contributed by atoms with Crippen LogP contribution >= 0.6 is 0 Å². The molecule has 0 radical (unpaired) electrons. The largest absolute Gasteiger partial charge is 0.573 e. The van der Waals surface area contributed by atoms with E-state index in [1.165, 1.54) is 30.3 Å². The number of halogens is 6. The maximum atomic E-state index is 12.9. The van der Waals surface area contributed by atoms with Crippen LogP contribution in [0.4, 0.5) is 32.0 Å². The second-order valence-corrected chi connectivity index (χ2v) is 8.47. The summed E-state index contributed by atoms with van der Waals surface area (Å²) >= 11 is 0. The zero-order valence-corrected chi connectivity index (χ0v) is 20.0. The molecule has 0 spiro atoms. The highest BCUT2D eigenvalue weighted by Crippen LogP contribution is 2.31. The average Bonchev–Trinajstić information content (AvgIpc) is 2.86. The van der Waals surface area contributed by atoms with Gasteiger partial charge >= 0.3 is 12.5 Å². The molecule has 0 aromatic heterocycles. The van der Waals surface area contributed by atoms with Crippen molar-refractivity contribution >= 4 is 5.69 Å². The van der Waals surface area contributed by atoms with Crippen molar-refractivity contribution in [3.05, 3.63) is 120 Å². The van der Waals surface area contributed by atoms with E-state index in [0.29, 0.717) is 35.6 Å². The van der Waals surface area contributed by atoms with Gasteiger partial charge in [0.1, 0.15) is 17.2 Å². The number of benzene rings is 4. The fraction of sp³-hybridized carbons (Fsp3) is 0.172. The molecule has 0 atom stereocenters. The first-order valence-corrected chi connectivity index (χ1v) is 11.6. The van der Waals surface area contributed by atoms with Crippen molar-refractivity contribution in [3.8, 4) is 17.2 Å². The fourth-order valence-electron chi connectivity index (χ4n) is 3.85. The summed E-state index contributed by atoms with van der Waals surface area (Å²) in [6.45, 7) is 0.606. The fourth-order valence-corrected chi connectivity index (χ4v) is 3.85. The molecule has 3 nitrogen and oxygen atoms in total. The maximum absolute atomic E-state index is 12.9. The van der Waals surface area contributed by atoms with Gasteiger partial charge in [-0.25, -0.2) is 0 Å². The quantitative estimate of drug-likeness (QED) is 0.202. The summed E-state index contributed by atoms with van der Waals surface area (Å²) in [6, 6.07) is 27.0. The van der Waals surface area contributed by atoms with E-state index in [4.69, 9.17) is 4.74 Å². The minimum Gasteiger partial charge on any atom is -0.457 e. The normalized spacial score (nSPS) is 11.7. The van der Waals surface area contributed by atoms with E-state index in [9.17, 15) is 26.3 Å². The Bertz CT molecular complexity index is 1320. The van der Waals surface area contributed by atoms with Crippen LogP contribution in [-0.2, 0) is 19.1 Å². The third kappa shape index (κ3) is 7.93. The first-order valence-electron chi connectivity index (χ1n) is 11.6. The number of hydrogen-bond acceptors (Lipinski definition) is 3. The first kappa shape index (κ1) is 26.9. The molecule has 0 saturated carbocycles. The summed E-state index contributed by atoms with van der Waals surface area (Å²) < 4.78 is 86.9. The number of hydrogen-bond donors (Lipinski definition) is 0. The molecular weight excluding hydrogens is 508 g/mol. The van der Waals surface area contributed by atoms with Crippen molar-refractivity contribution < 1.29 is 35.8 Å². The predicted octanol–water partition coefficient (Wildman–Crippen LogP) is 8.65. The van der Waals surface area contributed by atoms with Gasteiger partial charge in [0.2, 0.25) is 0 Å². The SMILES string of the molecule is FC(F)(F)Oc1cccc(CN(CCc2ccc(C(F)(F)F)cc2)c2cccc(Oc3ccccc3)c2)c1. The lowest BCUT2D eigenvalue weighted by molar-refractivity contribution is -0.274. The Hall–Kier alpha value is -4.14. The molecule has 0 N–H and O–H groups in total. The van der Waals surface area contributed by atoms with Gasteiger partial charge in [-0.05, 0) is 66.1 Å². The van der Waals surface area contributed by atoms with Gasteiger partial charge in [0, 0.05) is 24.8 Å². The number of para-hydroxylation sites is 1. The highest BCUT2D eigenvalue weighted by molar-refractivity contribution is 5.52. The van der Waals surface area contributed by atoms with E-state index in [0.717, 1.165) is 17.8 Å². The number of alkyl halides is 6. The van der Waals surface area contributed by atoms with E-state index in [1.54, 1.807) is 36.4 Å². The van der Waals surface area contributed by atoms with Crippen molar-refractivity contribution in [2.24, 2.45) is 0 Å². The topological polar surface area (TPSA) is 21.7 Å². The lowest BCUT2D eigenvalue weighted by Crippen LogP contribution is -2.25. The monoisotopic (exact) mass is 531 g/mol. The number of ether oxygens (including phenoxy) is 2. The van der Waals surface area contributed by atoms with Crippen molar-refractivity contribution in [1.29, 1.82) is 0 Å². The molecule has 0 saturated heterocycles. The van der Waals surface area contributed by atoms with E-state index in [2.05, 4.69) is 4.74 Å². The lowest BCUT2D eigenvalue weighted by Gasteiger charge is -2.26. The van der Waals surface area contributed by atoms with Crippen LogP contribution in [0.3, 0.4) is 0 Å². The van der Waals surface area contributed by atoms with Crippen LogP contribution in [-0.4, -0.2) is 12.9 Å². The number of anilines is 1. The molecule has 0 aliphatic carbocycles.